The second kappa shape index (κ2) is 6.75. The van der Waals surface area contributed by atoms with Gasteiger partial charge < -0.3 is 9.45 Å². The van der Waals surface area contributed by atoms with Crippen molar-refractivity contribution in [2.45, 2.75) is 26.4 Å². The van der Waals surface area contributed by atoms with Gasteiger partial charge in [-0.3, -0.25) is 19.0 Å². The van der Waals surface area contributed by atoms with E-state index in [2.05, 4.69) is 0 Å². The van der Waals surface area contributed by atoms with Crippen LogP contribution in [0, 0.1) is 5.41 Å². The number of amides is 2. The van der Waals surface area contributed by atoms with Crippen molar-refractivity contribution in [2.24, 2.45) is 5.41 Å². The molecule has 0 aromatic heterocycles. The first-order valence-electron chi connectivity index (χ1n) is 6.92. The van der Waals surface area contributed by atoms with Gasteiger partial charge in [-0.25, -0.2) is 9.79 Å². The van der Waals surface area contributed by atoms with Gasteiger partial charge in [-0.15, -0.1) is 0 Å². The third-order valence-corrected chi connectivity index (χ3v) is 4.60. The van der Waals surface area contributed by atoms with E-state index in [9.17, 15) is 18.4 Å². The molecule has 0 spiro atoms. The van der Waals surface area contributed by atoms with Crippen molar-refractivity contribution in [3.63, 3.8) is 0 Å². The van der Waals surface area contributed by atoms with Crippen molar-refractivity contribution in [1.82, 2.24) is 14.7 Å². The zero-order valence-corrected chi connectivity index (χ0v) is 13.6. The summed E-state index contributed by atoms with van der Waals surface area (Å²) in [5, 5.41) is 8.85. The Morgan fingerprint density at radius 3 is 2.57 bits per heavy atom. The van der Waals surface area contributed by atoms with E-state index >= 15 is 0 Å². The molecule has 0 bridgehead atoms. The predicted octanol–water partition coefficient (Wildman–Crippen LogP) is -0.0174. The smallest absolute Gasteiger partial charge is 0.262 e. The molecule has 2 N–H and O–H groups in total. The van der Waals surface area contributed by atoms with Crippen molar-refractivity contribution < 1.29 is 23.6 Å². The van der Waals surface area contributed by atoms with Crippen LogP contribution in [-0.2, 0) is 27.4 Å². The zero-order valence-electron chi connectivity index (χ0n) is 12.8. The zero-order chi connectivity index (χ0) is 17.2. The SMILES string of the molecule is CC1(C)C(=O)N(Cc2ccccc2)CN(S(=O)[O-])C1C(=O)NO. The van der Waals surface area contributed by atoms with Crippen LogP contribution < -0.4 is 5.48 Å². The number of carbonyl (C=O) groups is 2. The molecule has 1 saturated heterocycles. The van der Waals surface area contributed by atoms with Gasteiger partial charge in [-0.05, 0) is 19.4 Å². The van der Waals surface area contributed by atoms with Gasteiger partial charge in [0, 0.05) is 17.8 Å². The molecule has 1 fully saturated rings. The quantitative estimate of drug-likeness (QED) is 0.454. The number of carbonyl (C=O) groups excluding carboxylic acids is 2. The molecule has 2 rings (SSSR count). The third kappa shape index (κ3) is 3.42. The lowest BCUT2D eigenvalue weighted by atomic mass is 9.80. The van der Waals surface area contributed by atoms with E-state index in [1.165, 1.54) is 24.2 Å². The van der Waals surface area contributed by atoms with Gasteiger partial charge in [0.05, 0.1) is 12.1 Å². The molecule has 1 aromatic rings. The lowest BCUT2D eigenvalue weighted by Gasteiger charge is -2.48. The molecule has 0 radical (unpaired) electrons. The fraction of sp³-hybridized carbons (Fsp3) is 0.429. The molecular formula is C14H18N3O5S-. The van der Waals surface area contributed by atoms with E-state index in [1.54, 1.807) is 0 Å². The van der Waals surface area contributed by atoms with Gasteiger partial charge in [0.1, 0.15) is 6.04 Å². The van der Waals surface area contributed by atoms with Gasteiger partial charge in [-0.2, -0.15) is 0 Å². The Morgan fingerprint density at radius 2 is 2.04 bits per heavy atom. The summed E-state index contributed by atoms with van der Waals surface area (Å²) in [7, 11) is 0. The fourth-order valence-corrected chi connectivity index (χ4v) is 3.54. The summed E-state index contributed by atoms with van der Waals surface area (Å²) in [5.74, 6) is -1.30. The Labute approximate surface area is 136 Å². The molecule has 2 atom stereocenters. The molecule has 126 valence electrons. The van der Waals surface area contributed by atoms with Gasteiger partial charge in [0.2, 0.25) is 5.91 Å². The average molecular weight is 340 g/mol. The molecule has 1 aliphatic rings. The van der Waals surface area contributed by atoms with Gasteiger partial charge in [0.15, 0.2) is 0 Å². The van der Waals surface area contributed by atoms with E-state index in [-0.39, 0.29) is 19.1 Å². The van der Waals surface area contributed by atoms with Crippen LogP contribution >= 0.6 is 0 Å². The molecular weight excluding hydrogens is 322 g/mol. The van der Waals surface area contributed by atoms with E-state index in [1.807, 2.05) is 30.3 Å². The Hall–Kier alpha value is -1.81. The van der Waals surface area contributed by atoms with Crippen LogP contribution in [0.15, 0.2) is 30.3 Å². The monoisotopic (exact) mass is 340 g/mol. The van der Waals surface area contributed by atoms with Crippen molar-refractivity contribution >= 4 is 23.1 Å². The molecule has 2 amide bonds. The first kappa shape index (κ1) is 17.5. The lowest BCUT2D eigenvalue weighted by molar-refractivity contribution is -0.161. The van der Waals surface area contributed by atoms with Crippen LogP contribution in [0.2, 0.25) is 0 Å². The maximum atomic E-state index is 12.7. The fourth-order valence-electron chi connectivity index (χ4n) is 2.78. The van der Waals surface area contributed by atoms with Crippen LogP contribution in [0.1, 0.15) is 19.4 Å². The largest absolute Gasteiger partial charge is 0.760 e. The number of benzene rings is 1. The number of nitrogens with zero attached hydrogens (tertiary/aromatic N) is 2. The predicted molar refractivity (Wildman–Crippen MR) is 80.1 cm³/mol. The minimum Gasteiger partial charge on any atom is -0.760 e. The van der Waals surface area contributed by atoms with E-state index < -0.39 is 28.6 Å². The second-order valence-electron chi connectivity index (χ2n) is 5.86. The normalized spacial score (nSPS) is 22.7. The molecule has 1 aromatic carbocycles. The highest BCUT2D eigenvalue weighted by molar-refractivity contribution is 7.76. The molecule has 0 aliphatic carbocycles. The summed E-state index contributed by atoms with van der Waals surface area (Å²) in [6.07, 6.45) is 0. The summed E-state index contributed by atoms with van der Waals surface area (Å²) in [6, 6.07) is 7.81. The minimum atomic E-state index is -2.73. The second-order valence-corrected chi connectivity index (χ2v) is 6.77. The Bertz CT molecular complexity index is 622. The number of hydrogen-bond acceptors (Lipinski definition) is 5. The average Bonchev–Trinajstić information content (AvgIpc) is 2.51. The van der Waals surface area contributed by atoms with E-state index in [4.69, 9.17) is 5.21 Å². The maximum absolute atomic E-state index is 12.7. The van der Waals surface area contributed by atoms with Crippen LogP contribution in [0.25, 0.3) is 0 Å². The molecule has 0 saturated carbocycles. The molecule has 23 heavy (non-hydrogen) atoms. The molecule has 2 unspecified atom stereocenters. The maximum Gasteiger partial charge on any atom is 0.262 e. The number of nitrogens with one attached hydrogen (secondary N) is 1. The summed E-state index contributed by atoms with van der Waals surface area (Å²) in [6.45, 7) is 2.92. The van der Waals surface area contributed by atoms with Gasteiger partial charge >= 0.3 is 0 Å². The third-order valence-electron chi connectivity index (χ3n) is 3.89. The van der Waals surface area contributed by atoms with Gasteiger partial charge in [0.25, 0.3) is 5.91 Å². The highest BCUT2D eigenvalue weighted by Gasteiger charge is 2.51. The molecule has 8 nitrogen and oxygen atoms in total. The van der Waals surface area contributed by atoms with E-state index in [0.29, 0.717) is 0 Å². The van der Waals surface area contributed by atoms with Crippen molar-refractivity contribution in [3.05, 3.63) is 35.9 Å². The lowest BCUT2D eigenvalue weighted by Crippen LogP contribution is -2.66. The van der Waals surface area contributed by atoms with Crippen molar-refractivity contribution in [3.8, 4) is 0 Å². The topological polar surface area (TPSA) is 113 Å². The highest BCUT2D eigenvalue weighted by atomic mass is 32.2. The standard InChI is InChI=1S/C14H19N3O5S/c1-14(2)11(12(18)15-20)17(23(21)22)9-16(13(14)19)8-10-6-4-3-5-7-10/h3-7,11,20H,8-9H2,1-2H3,(H,15,18)(H,21,22)/p-1. The number of hydroxylamine groups is 1. The summed E-state index contributed by atoms with van der Waals surface area (Å²) in [4.78, 5) is 25.9. The first-order chi connectivity index (χ1) is 10.8. The molecule has 1 heterocycles. The van der Waals surface area contributed by atoms with Gasteiger partial charge in [-0.1, -0.05) is 30.3 Å². The summed E-state index contributed by atoms with van der Waals surface area (Å²) >= 11 is -2.73. The summed E-state index contributed by atoms with van der Waals surface area (Å²) in [5.41, 5.74) is 0.962. The minimum absolute atomic E-state index is 0.226. The van der Waals surface area contributed by atoms with E-state index in [0.717, 1.165) is 9.87 Å². The number of rotatable bonds is 4. The molecule has 1 aliphatic heterocycles. The summed E-state index contributed by atoms with van der Waals surface area (Å²) < 4.78 is 23.9. The van der Waals surface area contributed by atoms with Crippen LogP contribution in [0.5, 0.6) is 0 Å². The van der Waals surface area contributed by atoms with Crippen LogP contribution in [-0.4, -0.2) is 47.7 Å². The molecule has 9 heteroatoms. The van der Waals surface area contributed by atoms with Crippen molar-refractivity contribution in [2.75, 3.05) is 6.67 Å². The Kier molecular flexibility index (Phi) is 5.15. The Balaban J connectivity index is 2.34. The first-order valence-corrected chi connectivity index (χ1v) is 7.95. The van der Waals surface area contributed by atoms with Crippen LogP contribution in [0.4, 0.5) is 0 Å². The van der Waals surface area contributed by atoms with Crippen LogP contribution in [0.3, 0.4) is 0 Å². The Morgan fingerprint density at radius 1 is 1.43 bits per heavy atom. The highest BCUT2D eigenvalue weighted by Crippen LogP contribution is 2.34. The van der Waals surface area contributed by atoms with Crippen molar-refractivity contribution in [1.29, 1.82) is 0 Å². The number of hydrogen-bond donors (Lipinski definition) is 2.